The van der Waals surface area contributed by atoms with Crippen LogP contribution in [0.3, 0.4) is 0 Å². The molecule has 0 spiro atoms. The van der Waals surface area contributed by atoms with Crippen LogP contribution < -0.4 is 10.5 Å². The van der Waals surface area contributed by atoms with Gasteiger partial charge in [0.25, 0.3) is 6.02 Å². The van der Waals surface area contributed by atoms with Crippen LogP contribution in [0.25, 0.3) is 11.1 Å². The van der Waals surface area contributed by atoms with Crippen LogP contribution >= 0.6 is 0 Å². The van der Waals surface area contributed by atoms with Gasteiger partial charge in [0.05, 0.1) is 6.54 Å². The molecule has 0 unspecified atom stereocenters. The third-order valence-electron chi connectivity index (χ3n) is 3.38. The Balaban J connectivity index is 1.62. The molecule has 0 saturated carbocycles. The van der Waals surface area contributed by atoms with Crippen LogP contribution in [-0.2, 0) is 4.74 Å². The molecule has 2 N–H and O–H groups in total. The summed E-state index contributed by atoms with van der Waals surface area (Å²) < 4.78 is 11.0. The summed E-state index contributed by atoms with van der Waals surface area (Å²) >= 11 is 0. The Morgan fingerprint density at radius 3 is 2.67 bits per heavy atom. The second-order valence-electron chi connectivity index (χ2n) is 5.12. The Kier molecular flexibility index (Phi) is 3.77. The van der Waals surface area contributed by atoms with Gasteiger partial charge in [-0.3, -0.25) is 0 Å². The third kappa shape index (κ3) is 3.34. The normalized spacial score (nSPS) is 17.2. The molecular formula is C17H18N2O2. The predicted octanol–water partition coefficient (Wildman–Crippen LogP) is 2.75. The molecule has 0 radical (unpaired) electrons. The van der Waals surface area contributed by atoms with E-state index in [9.17, 15) is 0 Å². The highest BCUT2D eigenvalue weighted by Gasteiger charge is 2.18. The molecule has 0 saturated heterocycles. The molecule has 1 aliphatic heterocycles. The number of hydrogen-bond acceptors (Lipinski definition) is 4. The Morgan fingerprint density at radius 2 is 2.00 bits per heavy atom. The smallest absolute Gasteiger partial charge is 0.282 e. The number of hydrogen-bond donors (Lipinski definition) is 1. The fourth-order valence-corrected chi connectivity index (χ4v) is 2.28. The van der Waals surface area contributed by atoms with Gasteiger partial charge in [0, 0.05) is 0 Å². The lowest BCUT2D eigenvalue weighted by Gasteiger charge is -2.12. The van der Waals surface area contributed by atoms with Crippen molar-refractivity contribution in [1.29, 1.82) is 0 Å². The lowest BCUT2D eigenvalue weighted by atomic mass is 10.0. The molecular weight excluding hydrogens is 264 g/mol. The first kappa shape index (κ1) is 13.5. The number of nitrogens with zero attached hydrogens (tertiary/aromatic N) is 1. The molecule has 108 valence electrons. The SMILES string of the molecule is Cc1cccc(-c2ccc(OC[C@@H]3CN=C(N)O3)cc2)c1. The third-order valence-corrected chi connectivity index (χ3v) is 3.38. The van der Waals surface area contributed by atoms with Crippen molar-refractivity contribution in [3.05, 3.63) is 54.1 Å². The Bertz CT molecular complexity index is 650. The summed E-state index contributed by atoms with van der Waals surface area (Å²) in [6.07, 6.45) is -0.0820. The van der Waals surface area contributed by atoms with Crippen molar-refractivity contribution in [2.45, 2.75) is 13.0 Å². The van der Waals surface area contributed by atoms with Gasteiger partial charge in [0.15, 0.2) is 6.10 Å². The van der Waals surface area contributed by atoms with Crippen molar-refractivity contribution in [2.75, 3.05) is 13.2 Å². The van der Waals surface area contributed by atoms with Gasteiger partial charge in [-0.25, -0.2) is 4.99 Å². The quantitative estimate of drug-likeness (QED) is 0.938. The van der Waals surface area contributed by atoms with Gasteiger partial charge in [-0.1, -0.05) is 42.0 Å². The maximum absolute atomic E-state index is 5.70. The second-order valence-corrected chi connectivity index (χ2v) is 5.12. The summed E-state index contributed by atoms with van der Waals surface area (Å²) in [4.78, 5) is 3.98. The largest absolute Gasteiger partial charge is 0.490 e. The molecule has 0 fully saturated rings. The van der Waals surface area contributed by atoms with E-state index in [-0.39, 0.29) is 12.1 Å². The first-order chi connectivity index (χ1) is 10.2. The van der Waals surface area contributed by atoms with Crippen LogP contribution in [0.4, 0.5) is 0 Å². The number of aliphatic imine (C=N–C) groups is 1. The Labute approximate surface area is 124 Å². The van der Waals surface area contributed by atoms with E-state index in [0.717, 1.165) is 5.75 Å². The topological polar surface area (TPSA) is 56.8 Å². The molecule has 4 heteroatoms. The van der Waals surface area contributed by atoms with E-state index in [1.807, 2.05) is 12.1 Å². The molecule has 2 aromatic carbocycles. The molecule has 0 bridgehead atoms. The van der Waals surface area contributed by atoms with Gasteiger partial charge in [-0.15, -0.1) is 0 Å². The monoisotopic (exact) mass is 282 g/mol. The van der Waals surface area contributed by atoms with Crippen molar-refractivity contribution < 1.29 is 9.47 Å². The van der Waals surface area contributed by atoms with E-state index >= 15 is 0 Å². The van der Waals surface area contributed by atoms with Crippen molar-refractivity contribution in [2.24, 2.45) is 10.7 Å². The second kappa shape index (κ2) is 5.87. The van der Waals surface area contributed by atoms with Gasteiger partial charge in [0.2, 0.25) is 0 Å². The maximum atomic E-state index is 5.70. The molecule has 0 aromatic heterocycles. The molecule has 0 amide bonds. The minimum absolute atomic E-state index is 0.0820. The highest BCUT2D eigenvalue weighted by Crippen LogP contribution is 2.23. The van der Waals surface area contributed by atoms with E-state index in [0.29, 0.717) is 13.2 Å². The van der Waals surface area contributed by atoms with Crippen LogP contribution in [-0.4, -0.2) is 25.3 Å². The number of benzene rings is 2. The average Bonchev–Trinajstić information content (AvgIpc) is 2.91. The van der Waals surface area contributed by atoms with Gasteiger partial charge < -0.3 is 15.2 Å². The van der Waals surface area contributed by atoms with Crippen LogP contribution in [0.15, 0.2) is 53.5 Å². The summed E-state index contributed by atoms with van der Waals surface area (Å²) in [5, 5.41) is 0. The Hall–Kier alpha value is -2.49. The molecule has 2 aromatic rings. The van der Waals surface area contributed by atoms with E-state index in [2.05, 4.69) is 48.3 Å². The molecule has 0 aliphatic carbocycles. The summed E-state index contributed by atoms with van der Waals surface area (Å²) in [5.41, 5.74) is 9.10. The lowest BCUT2D eigenvalue weighted by Crippen LogP contribution is -2.24. The van der Waals surface area contributed by atoms with Crippen molar-refractivity contribution in [3.63, 3.8) is 0 Å². The van der Waals surface area contributed by atoms with Crippen molar-refractivity contribution in [1.82, 2.24) is 0 Å². The number of aryl methyl sites for hydroxylation is 1. The zero-order valence-electron chi connectivity index (χ0n) is 12.0. The average molecular weight is 282 g/mol. The minimum atomic E-state index is -0.0820. The van der Waals surface area contributed by atoms with E-state index in [1.54, 1.807) is 0 Å². The van der Waals surface area contributed by atoms with E-state index in [1.165, 1.54) is 16.7 Å². The molecule has 1 heterocycles. The number of rotatable bonds is 4. The number of nitrogens with two attached hydrogens (primary N) is 1. The zero-order valence-corrected chi connectivity index (χ0v) is 12.0. The van der Waals surface area contributed by atoms with Crippen LogP contribution in [0, 0.1) is 6.92 Å². The summed E-state index contributed by atoms with van der Waals surface area (Å²) in [7, 11) is 0. The molecule has 21 heavy (non-hydrogen) atoms. The maximum Gasteiger partial charge on any atom is 0.282 e. The Morgan fingerprint density at radius 1 is 1.19 bits per heavy atom. The molecule has 3 rings (SSSR count). The van der Waals surface area contributed by atoms with Crippen molar-refractivity contribution >= 4 is 6.02 Å². The van der Waals surface area contributed by atoms with Crippen LogP contribution in [0.5, 0.6) is 5.75 Å². The number of ether oxygens (including phenoxy) is 2. The fourth-order valence-electron chi connectivity index (χ4n) is 2.28. The van der Waals surface area contributed by atoms with Crippen molar-refractivity contribution in [3.8, 4) is 16.9 Å². The lowest BCUT2D eigenvalue weighted by molar-refractivity contribution is 0.141. The van der Waals surface area contributed by atoms with Gasteiger partial charge >= 0.3 is 0 Å². The highest BCUT2D eigenvalue weighted by molar-refractivity contribution is 5.73. The van der Waals surface area contributed by atoms with E-state index < -0.39 is 0 Å². The summed E-state index contributed by atoms with van der Waals surface area (Å²) in [5.74, 6) is 0.820. The first-order valence-corrected chi connectivity index (χ1v) is 6.97. The van der Waals surface area contributed by atoms with Gasteiger partial charge in [-0.2, -0.15) is 0 Å². The van der Waals surface area contributed by atoms with Crippen LogP contribution in [0.1, 0.15) is 5.56 Å². The molecule has 4 nitrogen and oxygen atoms in total. The molecule has 1 atom stereocenters. The molecule has 1 aliphatic rings. The highest BCUT2D eigenvalue weighted by atomic mass is 16.5. The fraction of sp³-hybridized carbons (Fsp3) is 0.235. The van der Waals surface area contributed by atoms with Gasteiger partial charge in [0.1, 0.15) is 12.4 Å². The standard InChI is InChI=1S/C17H18N2O2/c1-12-3-2-4-14(9-12)13-5-7-15(8-6-13)20-11-16-10-19-17(18)21-16/h2-9,16H,10-11H2,1H3,(H2,18,19)/t16-/m0/s1. The summed E-state index contributed by atoms with van der Waals surface area (Å²) in [6, 6.07) is 16.7. The predicted molar refractivity (Wildman–Crippen MR) is 83.5 cm³/mol. The minimum Gasteiger partial charge on any atom is -0.490 e. The van der Waals surface area contributed by atoms with Crippen LogP contribution in [0.2, 0.25) is 0 Å². The number of amidine groups is 1. The first-order valence-electron chi connectivity index (χ1n) is 6.97. The zero-order chi connectivity index (χ0) is 14.7. The van der Waals surface area contributed by atoms with E-state index in [4.69, 9.17) is 15.2 Å². The summed E-state index contributed by atoms with van der Waals surface area (Å²) in [6.45, 7) is 3.11. The van der Waals surface area contributed by atoms with Gasteiger partial charge in [-0.05, 0) is 30.2 Å².